The van der Waals surface area contributed by atoms with E-state index in [-0.39, 0.29) is 17.2 Å². The van der Waals surface area contributed by atoms with Gasteiger partial charge in [0.05, 0.1) is 5.39 Å². The Balaban J connectivity index is 1.81. The summed E-state index contributed by atoms with van der Waals surface area (Å²) in [5.41, 5.74) is -0.246. The number of ether oxygens (including phenoxy) is 1. The Morgan fingerprint density at radius 1 is 1.08 bits per heavy atom. The van der Waals surface area contributed by atoms with E-state index in [2.05, 4.69) is 5.10 Å². The Bertz CT molecular complexity index is 882. The molecule has 26 heavy (non-hydrogen) atoms. The van der Waals surface area contributed by atoms with Crippen molar-refractivity contribution in [2.24, 2.45) is 7.05 Å². The number of nitrogens with zero attached hydrogens (tertiary/aromatic N) is 3. The lowest BCUT2D eigenvalue weighted by Gasteiger charge is -2.24. The maximum atomic E-state index is 12.6. The molecule has 0 aliphatic carbocycles. The smallest absolute Gasteiger partial charge is 0.360 e. The molecule has 1 amide bonds. The van der Waals surface area contributed by atoms with Crippen molar-refractivity contribution in [1.29, 1.82) is 0 Å². The predicted molar refractivity (Wildman–Crippen MR) is 96.9 cm³/mol. The number of rotatable bonds is 3. The van der Waals surface area contributed by atoms with Gasteiger partial charge in [0.25, 0.3) is 11.5 Å². The maximum Gasteiger partial charge on any atom is 0.360 e. The van der Waals surface area contributed by atoms with Gasteiger partial charge in [-0.05, 0) is 25.8 Å². The first-order valence-corrected chi connectivity index (χ1v) is 8.95. The lowest BCUT2D eigenvalue weighted by atomic mass is 10.1. The summed E-state index contributed by atoms with van der Waals surface area (Å²) in [4.78, 5) is 39.1. The maximum absolute atomic E-state index is 12.6. The number of hydrogen-bond donors (Lipinski definition) is 0. The average Bonchev–Trinajstić information content (AvgIpc) is 2.93. The third-order valence-corrected chi connectivity index (χ3v) is 4.70. The van der Waals surface area contributed by atoms with Crippen molar-refractivity contribution in [3.8, 4) is 0 Å². The number of esters is 1. The third kappa shape index (κ3) is 3.61. The Hall–Kier alpha value is -2.70. The monoisotopic (exact) mass is 357 g/mol. The van der Waals surface area contributed by atoms with Gasteiger partial charge in [0.1, 0.15) is 0 Å². The first kappa shape index (κ1) is 18.1. The van der Waals surface area contributed by atoms with Gasteiger partial charge < -0.3 is 9.64 Å². The first-order chi connectivity index (χ1) is 12.5. The summed E-state index contributed by atoms with van der Waals surface area (Å²) in [6.45, 7) is 2.97. The van der Waals surface area contributed by atoms with E-state index in [4.69, 9.17) is 4.74 Å². The molecule has 1 aliphatic rings. The van der Waals surface area contributed by atoms with Crippen LogP contribution in [0.5, 0.6) is 0 Å². The highest BCUT2D eigenvalue weighted by Gasteiger charge is 2.26. The summed E-state index contributed by atoms with van der Waals surface area (Å²) in [5, 5.41) is 4.86. The quantitative estimate of drug-likeness (QED) is 0.784. The van der Waals surface area contributed by atoms with Crippen LogP contribution in [0.25, 0.3) is 10.8 Å². The fourth-order valence-electron chi connectivity index (χ4n) is 3.27. The number of fused-ring (bicyclic) bond motifs is 1. The van der Waals surface area contributed by atoms with Gasteiger partial charge in [-0.3, -0.25) is 9.59 Å². The zero-order chi connectivity index (χ0) is 18.7. The number of likely N-dealkylation sites (tertiary alicyclic amines) is 1. The largest absolute Gasteiger partial charge is 0.448 e. The van der Waals surface area contributed by atoms with E-state index in [1.54, 1.807) is 36.1 Å². The van der Waals surface area contributed by atoms with Crippen molar-refractivity contribution in [2.45, 2.75) is 38.7 Å². The van der Waals surface area contributed by atoms with Crippen molar-refractivity contribution in [3.63, 3.8) is 0 Å². The number of benzene rings is 1. The molecule has 0 saturated carbocycles. The van der Waals surface area contributed by atoms with Gasteiger partial charge in [0, 0.05) is 25.5 Å². The zero-order valence-electron chi connectivity index (χ0n) is 15.1. The summed E-state index contributed by atoms with van der Waals surface area (Å²) >= 11 is 0. The molecular weight excluding hydrogens is 334 g/mol. The highest BCUT2D eigenvalue weighted by atomic mass is 16.5. The Morgan fingerprint density at radius 3 is 2.35 bits per heavy atom. The van der Waals surface area contributed by atoms with Crippen molar-refractivity contribution in [3.05, 3.63) is 40.3 Å². The van der Waals surface area contributed by atoms with Crippen LogP contribution in [0.1, 0.15) is 43.1 Å². The minimum atomic E-state index is -0.890. The van der Waals surface area contributed by atoms with E-state index < -0.39 is 12.1 Å². The van der Waals surface area contributed by atoms with Crippen LogP contribution in [0, 0.1) is 0 Å². The van der Waals surface area contributed by atoms with Crippen LogP contribution in [0.4, 0.5) is 0 Å². The first-order valence-electron chi connectivity index (χ1n) is 8.95. The van der Waals surface area contributed by atoms with Crippen LogP contribution < -0.4 is 5.56 Å². The van der Waals surface area contributed by atoms with Crippen LogP contribution >= 0.6 is 0 Å². The summed E-state index contributed by atoms with van der Waals surface area (Å²) in [6, 6.07) is 6.75. The van der Waals surface area contributed by atoms with E-state index in [1.165, 1.54) is 7.05 Å². The van der Waals surface area contributed by atoms with E-state index in [9.17, 15) is 14.4 Å². The van der Waals surface area contributed by atoms with Crippen molar-refractivity contribution >= 4 is 22.6 Å². The van der Waals surface area contributed by atoms with Gasteiger partial charge in [-0.2, -0.15) is 5.10 Å². The molecule has 0 bridgehead atoms. The molecule has 2 heterocycles. The van der Waals surface area contributed by atoms with Gasteiger partial charge >= 0.3 is 5.97 Å². The van der Waals surface area contributed by atoms with E-state index in [0.717, 1.165) is 30.4 Å². The summed E-state index contributed by atoms with van der Waals surface area (Å²) in [6.07, 6.45) is 3.29. The lowest BCUT2D eigenvalue weighted by molar-refractivity contribution is -0.139. The second-order valence-corrected chi connectivity index (χ2v) is 6.61. The molecular formula is C19H23N3O4. The fourth-order valence-corrected chi connectivity index (χ4v) is 3.27. The summed E-state index contributed by atoms with van der Waals surface area (Å²) < 4.78 is 6.50. The minimum absolute atomic E-state index is 0.0400. The molecule has 1 aromatic heterocycles. The number of carbonyl (C=O) groups is 2. The molecule has 1 unspecified atom stereocenters. The number of hydrogen-bond acceptors (Lipinski definition) is 5. The number of aromatic nitrogens is 2. The molecule has 1 atom stereocenters. The summed E-state index contributed by atoms with van der Waals surface area (Å²) in [5.74, 6) is -0.887. The topological polar surface area (TPSA) is 81.5 Å². The average molecular weight is 357 g/mol. The van der Waals surface area contributed by atoms with Crippen LogP contribution in [-0.2, 0) is 16.6 Å². The second-order valence-electron chi connectivity index (χ2n) is 6.61. The highest BCUT2D eigenvalue weighted by molar-refractivity contribution is 6.02. The minimum Gasteiger partial charge on any atom is -0.448 e. The standard InChI is InChI=1S/C19H23N3O4/c1-13(17(23)22-11-7-3-4-8-12-22)26-19(25)16-14-9-5-6-10-15(14)18(24)21(2)20-16/h5-6,9-10,13H,3-4,7-8,11-12H2,1-2H3. The predicted octanol–water partition coefficient (Wildman–Crippen LogP) is 1.88. The lowest BCUT2D eigenvalue weighted by Crippen LogP contribution is -2.40. The molecule has 1 aliphatic heterocycles. The van der Waals surface area contributed by atoms with Crippen LogP contribution in [0.3, 0.4) is 0 Å². The zero-order valence-corrected chi connectivity index (χ0v) is 15.1. The van der Waals surface area contributed by atoms with E-state index in [0.29, 0.717) is 23.9 Å². The van der Waals surface area contributed by atoms with Gasteiger partial charge in [-0.25, -0.2) is 9.48 Å². The molecule has 138 valence electrons. The molecule has 7 heteroatoms. The highest BCUT2D eigenvalue weighted by Crippen LogP contribution is 2.16. The SMILES string of the molecule is CC(OC(=O)c1nn(C)c(=O)c2ccccc12)C(=O)N1CCCCCC1. The van der Waals surface area contributed by atoms with Crippen molar-refractivity contribution in [2.75, 3.05) is 13.1 Å². The molecule has 3 rings (SSSR count). The second kappa shape index (κ2) is 7.68. The fraction of sp³-hybridized carbons (Fsp3) is 0.474. The van der Waals surface area contributed by atoms with Gasteiger partial charge in [0.15, 0.2) is 11.8 Å². The van der Waals surface area contributed by atoms with Crippen LogP contribution in [-0.4, -0.2) is 45.8 Å². The molecule has 1 aromatic carbocycles. The van der Waals surface area contributed by atoms with Gasteiger partial charge in [-0.15, -0.1) is 0 Å². The van der Waals surface area contributed by atoms with Gasteiger partial charge in [0.2, 0.25) is 0 Å². The van der Waals surface area contributed by atoms with Crippen molar-refractivity contribution < 1.29 is 14.3 Å². The van der Waals surface area contributed by atoms with E-state index >= 15 is 0 Å². The molecule has 7 nitrogen and oxygen atoms in total. The molecule has 2 aromatic rings. The normalized spacial score (nSPS) is 16.2. The van der Waals surface area contributed by atoms with E-state index in [1.807, 2.05) is 0 Å². The van der Waals surface area contributed by atoms with Crippen LogP contribution in [0.15, 0.2) is 29.1 Å². The molecule has 0 spiro atoms. The Labute approximate surface area is 151 Å². The van der Waals surface area contributed by atoms with Gasteiger partial charge in [-0.1, -0.05) is 31.0 Å². The molecule has 1 fully saturated rings. The number of carbonyl (C=O) groups excluding carboxylic acids is 2. The summed E-state index contributed by atoms with van der Waals surface area (Å²) in [7, 11) is 1.48. The number of aryl methyl sites for hydroxylation is 1. The Kier molecular flexibility index (Phi) is 5.35. The van der Waals surface area contributed by atoms with Crippen LogP contribution in [0.2, 0.25) is 0 Å². The molecule has 1 saturated heterocycles. The molecule has 0 radical (unpaired) electrons. The Morgan fingerprint density at radius 2 is 1.69 bits per heavy atom. The third-order valence-electron chi connectivity index (χ3n) is 4.70. The number of amides is 1. The van der Waals surface area contributed by atoms with Crippen molar-refractivity contribution in [1.82, 2.24) is 14.7 Å². The molecule has 0 N–H and O–H groups in total.